The van der Waals surface area contributed by atoms with E-state index in [1.54, 1.807) is 19.2 Å². The van der Waals surface area contributed by atoms with Crippen LogP contribution in [0.15, 0.2) is 36.8 Å². The number of nitrogens with two attached hydrogens (primary N) is 1. The molecule has 0 bridgehead atoms. The molecule has 1 saturated carbocycles. The fraction of sp³-hybridized carbons (Fsp3) is 0.385. The lowest BCUT2D eigenvalue weighted by atomic mass is 9.88. The average molecular weight is 472 g/mol. The van der Waals surface area contributed by atoms with Crippen molar-refractivity contribution in [2.24, 2.45) is 5.73 Å². The fourth-order valence-corrected chi connectivity index (χ4v) is 4.94. The second-order valence-electron chi connectivity index (χ2n) is 9.23. The third-order valence-corrected chi connectivity index (χ3v) is 6.43. The van der Waals surface area contributed by atoms with Crippen LogP contribution in [0.4, 0.5) is 5.69 Å². The molecule has 9 heteroatoms. The maximum absolute atomic E-state index is 12.5. The molecule has 1 aliphatic rings. The van der Waals surface area contributed by atoms with Crippen LogP contribution in [0, 0.1) is 11.3 Å². The predicted octanol–water partition coefficient (Wildman–Crippen LogP) is 3.32. The molecule has 3 aromatic heterocycles. The van der Waals surface area contributed by atoms with E-state index in [0.717, 1.165) is 25.7 Å². The molecular formula is C26H29N7O2. The number of primary amides is 1. The number of rotatable bonds is 6. The van der Waals surface area contributed by atoms with Crippen LogP contribution in [0.2, 0.25) is 0 Å². The molecule has 0 spiro atoms. The highest BCUT2D eigenvalue weighted by Gasteiger charge is 2.32. The Morgan fingerprint density at radius 2 is 1.91 bits per heavy atom. The number of fused-ring (bicyclic) bond motifs is 1. The number of hydrogen-bond donors (Lipinski definition) is 2. The number of hydrogen-bond acceptors (Lipinski definition) is 7. The van der Waals surface area contributed by atoms with Gasteiger partial charge in [0, 0.05) is 49.2 Å². The van der Waals surface area contributed by atoms with Crippen molar-refractivity contribution in [3.05, 3.63) is 47.9 Å². The number of nitrogens with one attached hydrogen (secondary N) is 1. The Bertz CT molecular complexity index is 1310. The molecule has 0 saturated heterocycles. The van der Waals surface area contributed by atoms with Gasteiger partial charge >= 0.3 is 0 Å². The summed E-state index contributed by atoms with van der Waals surface area (Å²) in [5, 5.41) is 12.3. The van der Waals surface area contributed by atoms with Crippen molar-refractivity contribution >= 4 is 28.5 Å². The summed E-state index contributed by atoms with van der Waals surface area (Å²) < 4.78 is 0. The van der Waals surface area contributed by atoms with Crippen LogP contribution in [0.5, 0.6) is 0 Å². The summed E-state index contributed by atoms with van der Waals surface area (Å²) in [4.78, 5) is 39.8. The van der Waals surface area contributed by atoms with Gasteiger partial charge in [-0.15, -0.1) is 0 Å². The zero-order chi connectivity index (χ0) is 25.1. The molecule has 3 N–H and O–H groups in total. The summed E-state index contributed by atoms with van der Waals surface area (Å²) >= 11 is 0. The second kappa shape index (κ2) is 10.1. The van der Waals surface area contributed by atoms with E-state index in [4.69, 9.17) is 10.7 Å². The molecule has 0 atom stereocenters. The van der Waals surface area contributed by atoms with Crippen molar-refractivity contribution in [3.63, 3.8) is 0 Å². The molecule has 0 unspecified atom stereocenters. The summed E-state index contributed by atoms with van der Waals surface area (Å²) in [5.74, 6) is -0.579. The predicted molar refractivity (Wildman–Crippen MR) is 133 cm³/mol. The Morgan fingerprint density at radius 1 is 1.17 bits per heavy atom. The van der Waals surface area contributed by atoms with Crippen molar-refractivity contribution in [2.75, 3.05) is 4.90 Å². The summed E-state index contributed by atoms with van der Waals surface area (Å²) in [7, 11) is 0. The maximum Gasteiger partial charge on any atom is 0.252 e. The Morgan fingerprint density at radius 3 is 2.54 bits per heavy atom. The van der Waals surface area contributed by atoms with Crippen LogP contribution in [0.1, 0.15) is 62.4 Å². The van der Waals surface area contributed by atoms with Crippen LogP contribution in [-0.4, -0.2) is 44.9 Å². The van der Waals surface area contributed by atoms with E-state index in [1.165, 1.54) is 12.4 Å². The Balaban J connectivity index is 1.82. The average Bonchev–Trinajstić information content (AvgIpc) is 2.84. The normalized spacial score (nSPS) is 17.7. The number of amides is 2. The van der Waals surface area contributed by atoms with Crippen LogP contribution >= 0.6 is 0 Å². The van der Waals surface area contributed by atoms with Crippen molar-refractivity contribution in [2.45, 2.75) is 64.6 Å². The fourth-order valence-electron chi connectivity index (χ4n) is 4.94. The lowest BCUT2D eigenvalue weighted by Gasteiger charge is -2.41. The second-order valence-corrected chi connectivity index (χ2v) is 9.23. The van der Waals surface area contributed by atoms with Gasteiger partial charge in [-0.25, -0.2) is 4.98 Å². The molecule has 1 fully saturated rings. The zero-order valence-corrected chi connectivity index (χ0v) is 20.2. The number of pyridine rings is 3. The first kappa shape index (κ1) is 24.1. The number of carbonyl (C=O) groups excluding carboxylic acids is 2. The van der Waals surface area contributed by atoms with Crippen molar-refractivity contribution in [1.82, 2.24) is 20.3 Å². The van der Waals surface area contributed by atoms with Gasteiger partial charge in [0.15, 0.2) is 0 Å². The number of nitriles is 1. The first-order valence-corrected chi connectivity index (χ1v) is 11.8. The van der Waals surface area contributed by atoms with Crippen LogP contribution in [0.25, 0.3) is 22.3 Å². The standard InChI is InChI=1S/C26H29N7O2/c1-15(2)33(20-6-4-19(5-7-20)31-16(3)34)25-21(26(28)35)14-30-23-9-8-22(32-24(23)25)18-10-17(11-27)12-29-13-18/h8-10,12-15,19-20H,4-7H2,1-3H3,(H2,28,35)(H,31,34). The molecule has 3 heterocycles. The summed E-state index contributed by atoms with van der Waals surface area (Å²) in [5.41, 5.74) is 9.81. The van der Waals surface area contributed by atoms with E-state index in [0.29, 0.717) is 39.1 Å². The topological polar surface area (TPSA) is 138 Å². The van der Waals surface area contributed by atoms with Gasteiger partial charge in [-0.3, -0.25) is 19.6 Å². The molecule has 0 aromatic carbocycles. The molecule has 4 rings (SSSR count). The van der Waals surface area contributed by atoms with Crippen molar-refractivity contribution in [3.8, 4) is 17.3 Å². The van der Waals surface area contributed by atoms with Crippen molar-refractivity contribution in [1.29, 1.82) is 5.26 Å². The van der Waals surface area contributed by atoms with E-state index >= 15 is 0 Å². The first-order chi connectivity index (χ1) is 16.8. The molecule has 180 valence electrons. The van der Waals surface area contributed by atoms with Gasteiger partial charge in [0.2, 0.25) is 5.91 Å². The highest BCUT2D eigenvalue weighted by molar-refractivity contribution is 6.06. The summed E-state index contributed by atoms with van der Waals surface area (Å²) in [6, 6.07) is 7.90. The molecule has 3 aromatic rings. The van der Waals surface area contributed by atoms with Gasteiger partial charge in [-0.2, -0.15) is 5.26 Å². The Labute approximate surface area is 204 Å². The SMILES string of the molecule is CC(=O)NC1CCC(N(c2c(C(N)=O)cnc3ccc(-c4cncc(C#N)c4)nc23)C(C)C)CC1. The number of nitrogens with zero attached hydrogens (tertiary/aromatic N) is 5. The Kier molecular flexibility index (Phi) is 6.92. The van der Waals surface area contributed by atoms with E-state index in [-0.39, 0.29) is 24.0 Å². The van der Waals surface area contributed by atoms with Gasteiger partial charge in [-0.05, 0) is 57.7 Å². The van der Waals surface area contributed by atoms with Crippen LogP contribution < -0.4 is 16.0 Å². The number of carbonyl (C=O) groups is 2. The quantitative estimate of drug-likeness (QED) is 0.562. The highest BCUT2D eigenvalue weighted by Crippen LogP contribution is 2.36. The smallest absolute Gasteiger partial charge is 0.252 e. The van der Waals surface area contributed by atoms with E-state index in [9.17, 15) is 14.9 Å². The lowest BCUT2D eigenvalue weighted by Crippen LogP contribution is -2.47. The summed E-state index contributed by atoms with van der Waals surface area (Å²) in [6.07, 6.45) is 8.11. The molecule has 1 aliphatic carbocycles. The van der Waals surface area contributed by atoms with Crippen molar-refractivity contribution < 1.29 is 9.59 Å². The third-order valence-electron chi connectivity index (χ3n) is 6.43. The minimum Gasteiger partial charge on any atom is -0.365 e. The largest absolute Gasteiger partial charge is 0.365 e. The van der Waals surface area contributed by atoms with E-state index < -0.39 is 5.91 Å². The first-order valence-electron chi connectivity index (χ1n) is 11.8. The Hall–Kier alpha value is -4.06. The van der Waals surface area contributed by atoms with Crippen LogP contribution in [0.3, 0.4) is 0 Å². The zero-order valence-electron chi connectivity index (χ0n) is 20.2. The molecule has 35 heavy (non-hydrogen) atoms. The van der Waals surface area contributed by atoms with Gasteiger partial charge in [0.25, 0.3) is 5.91 Å². The van der Waals surface area contributed by atoms with E-state index in [2.05, 4.69) is 40.1 Å². The van der Waals surface area contributed by atoms with Gasteiger partial charge in [0.1, 0.15) is 11.6 Å². The molecular weight excluding hydrogens is 442 g/mol. The van der Waals surface area contributed by atoms with E-state index in [1.807, 2.05) is 12.1 Å². The minimum absolute atomic E-state index is 0.0167. The van der Waals surface area contributed by atoms with Gasteiger partial charge in [-0.1, -0.05) is 0 Å². The lowest BCUT2D eigenvalue weighted by molar-refractivity contribution is -0.119. The van der Waals surface area contributed by atoms with Gasteiger partial charge in [0.05, 0.1) is 28.0 Å². The number of aromatic nitrogens is 3. The molecule has 0 radical (unpaired) electrons. The highest BCUT2D eigenvalue weighted by atomic mass is 16.1. The molecule has 9 nitrogen and oxygen atoms in total. The molecule has 0 aliphatic heterocycles. The summed E-state index contributed by atoms with van der Waals surface area (Å²) in [6.45, 7) is 5.71. The van der Waals surface area contributed by atoms with Gasteiger partial charge < -0.3 is 16.0 Å². The number of anilines is 1. The third kappa shape index (κ3) is 5.06. The minimum atomic E-state index is -0.563. The monoisotopic (exact) mass is 471 g/mol. The maximum atomic E-state index is 12.5. The van der Waals surface area contributed by atoms with Crippen LogP contribution in [-0.2, 0) is 4.79 Å². The molecule has 2 amide bonds.